The van der Waals surface area contributed by atoms with Gasteiger partial charge in [0.05, 0.1) is 37.8 Å². The quantitative estimate of drug-likeness (QED) is 0.715. The Kier molecular flexibility index (Phi) is 5.55. The van der Waals surface area contributed by atoms with E-state index in [-0.39, 0.29) is 18.1 Å². The van der Waals surface area contributed by atoms with E-state index in [4.69, 9.17) is 13.9 Å². The molecule has 3 heterocycles. The minimum absolute atomic E-state index is 0.0189. The molecule has 0 bridgehead atoms. The standard InChI is InChI=1S/C18H25N3O4/c1-13-5-7-25-17(13)18(22)21-6-4-16(24-9-8-23-3)15(21)10-14-11-19-20(2)12-14/h5,7,11-12,15-16H,4,6,8-10H2,1-3H3/t15-,16+/m1/s1. The van der Waals surface area contributed by atoms with Crippen LogP contribution in [0.2, 0.25) is 0 Å². The summed E-state index contributed by atoms with van der Waals surface area (Å²) in [4.78, 5) is 14.8. The molecular weight excluding hydrogens is 322 g/mol. The van der Waals surface area contributed by atoms with Crippen LogP contribution < -0.4 is 0 Å². The molecule has 136 valence electrons. The van der Waals surface area contributed by atoms with E-state index in [0.717, 1.165) is 17.5 Å². The summed E-state index contributed by atoms with van der Waals surface area (Å²) in [6.07, 6.45) is 6.87. The summed E-state index contributed by atoms with van der Waals surface area (Å²) in [6, 6.07) is 1.77. The lowest BCUT2D eigenvalue weighted by molar-refractivity contribution is 0.0000863. The second-order valence-corrected chi connectivity index (χ2v) is 6.42. The molecule has 1 aliphatic heterocycles. The Bertz CT molecular complexity index is 709. The SMILES string of the molecule is COCCO[C@H]1CCN(C(=O)c2occc2C)[C@@H]1Cc1cnn(C)c1. The number of hydrogen-bond donors (Lipinski definition) is 0. The Morgan fingerprint density at radius 3 is 2.92 bits per heavy atom. The lowest BCUT2D eigenvalue weighted by Crippen LogP contribution is -2.42. The van der Waals surface area contributed by atoms with E-state index in [1.807, 2.05) is 37.3 Å². The predicted molar refractivity (Wildman–Crippen MR) is 91.4 cm³/mol. The van der Waals surface area contributed by atoms with Crippen LogP contribution in [0.1, 0.15) is 28.1 Å². The van der Waals surface area contributed by atoms with Gasteiger partial charge in [0.2, 0.25) is 0 Å². The molecule has 2 atom stereocenters. The molecule has 1 amide bonds. The molecular formula is C18H25N3O4. The lowest BCUT2D eigenvalue weighted by atomic mass is 10.0. The van der Waals surface area contributed by atoms with Gasteiger partial charge in [-0.05, 0) is 31.4 Å². The molecule has 7 heteroatoms. The third-order valence-corrected chi connectivity index (χ3v) is 4.62. The van der Waals surface area contributed by atoms with Crippen molar-refractivity contribution in [2.75, 3.05) is 26.9 Å². The molecule has 1 fully saturated rings. The van der Waals surface area contributed by atoms with Crippen LogP contribution in [0.15, 0.2) is 29.1 Å². The van der Waals surface area contributed by atoms with Crippen LogP contribution in [0.25, 0.3) is 0 Å². The number of carbonyl (C=O) groups is 1. The highest BCUT2D eigenvalue weighted by Crippen LogP contribution is 2.27. The predicted octanol–water partition coefficient (Wildman–Crippen LogP) is 1.81. The van der Waals surface area contributed by atoms with E-state index in [0.29, 0.717) is 31.9 Å². The first kappa shape index (κ1) is 17.7. The summed E-state index contributed by atoms with van der Waals surface area (Å²) in [5, 5.41) is 4.23. The van der Waals surface area contributed by atoms with Crippen LogP contribution in [0.5, 0.6) is 0 Å². The van der Waals surface area contributed by atoms with Crippen molar-refractivity contribution in [1.82, 2.24) is 14.7 Å². The van der Waals surface area contributed by atoms with Crippen molar-refractivity contribution < 1.29 is 18.7 Å². The first-order valence-electron chi connectivity index (χ1n) is 8.53. The molecule has 0 saturated carbocycles. The molecule has 0 unspecified atom stereocenters. The van der Waals surface area contributed by atoms with Gasteiger partial charge in [-0.25, -0.2) is 0 Å². The number of ether oxygens (including phenoxy) is 2. The highest BCUT2D eigenvalue weighted by Gasteiger charge is 2.39. The molecule has 0 N–H and O–H groups in total. The molecule has 2 aromatic rings. The average molecular weight is 347 g/mol. The summed E-state index contributed by atoms with van der Waals surface area (Å²) in [6.45, 7) is 3.60. The number of carbonyl (C=O) groups excluding carboxylic acids is 1. The molecule has 1 saturated heterocycles. The summed E-state index contributed by atoms with van der Waals surface area (Å²) in [5.41, 5.74) is 1.94. The van der Waals surface area contributed by atoms with E-state index in [1.54, 1.807) is 18.1 Å². The van der Waals surface area contributed by atoms with Gasteiger partial charge >= 0.3 is 0 Å². The highest BCUT2D eigenvalue weighted by atomic mass is 16.5. The average Bonchev–Trinajstić information content (AvgIpc) is 3.29. The van der Waals surface area contributed by atoms with Crippen molar-refractivity contribution >= 4 is 5.91 Å². The zero-order valence-electron chi connectivity index (χ0n) is 15.0. The summed E-state index contributed by atoms with van der Waals surface area (Å²) in [5.74, 6) is 0.336. The maximum Gasteiger partial charge on any atom is 0.290 e. The van der Waals surface area contributed by atoms with Crippen molar-refractivity contribution in [3.05, 3.63) is 41.6 Å². The number of rotatable bonds is 7. The van der Waals surface area contributed by atoms with Gasteiger partial charge in [-0.15, -0.1) is 0 Å². The maximum atomic E-state index is 12.9. The molecule has 0 aliphatic carbocycles. The minimum atomic E-state index is -0.0748. The Labute approximate surface area is 147 Å². The van der Waals surface area contributed by atoms with E-state index in [2.05, 4.69) is 5.10 Å². The van der Waals surface area contributed by atoms with Crippen LogP contribution in [0, 0.1) is 6.92 Å². The second-order valence-electron chi connectivity index (χ2n) is 6.42. The van der Waals surface area contributed by atoms with E-state index < -0.39 is 0 Å². The van der Waals surface area contributed by atoms with Gasteiger partial charge in [-0.2, -0.15) is 5.10 Å². The summed E-state index contributed by atoms with van der Waals surface area (Å²) >= 11 is 0. The lowest BCUT2D eigenvalue weighted by Gasteiger charge is -2.27. The number of amides is 1. The molecule has 0 radical (unpaired) electrons. The zero-order chi connectivity index (χ0) is 17.8. The number of nitrogens with zero attached hydrogens (tertiary/aromatic N) is 3. The Morgan fingerprint density at radius 2 is 2.28 bits per heavy atom. The smallest absolute Gasteiger partial charge is 0.290 e. The van der Waals surface area contributed by atoms with Gasteiger partial charge in [-0.3, -0.25) is 9.48 Å². The van der Waals surface area contributed by atoms with Crippen LogP contribution in [-0.4, -0.2) is 59.6 Å². The Hall–Kier alpha value is -2.12. The first-order chi connectivity index (χ1) is 12.1. The monoisotopic (exact) mass is 347 g/mol. The fourth-order valence-corrected chi connectivity index (χ4v) is 3.34. The van der Waals surface area contributed by atoms with Crippen molar-refractivity contribution in [3.63, 3.8) is 0 Å². The second kappa shape index (κ2) is 7.84. The van der Waals surface area contributed by atoms with Crippen molar-refractivity contribution in [2.45, 2.75) is 31.9 Å². The summed E-state index contributed by atoms with van der Waals surface area (Å²) < 4.78 is 18.2. The zero-order valence-corrected chi connectivity index (χ0v) is 15.0. The first-order valence-corrected chi connectivity index (χ1v) is 8.53. The van der Waals surface area contributed by atoms with Crippen molar-refractivity contribution in [1.29, 1.82) is 0 Å². The van der Waals surface area contributed by atoms with Gasteiger partial charge in [-0.1, -0.05) is 0 Å². The van der Waals surface area contributed by atoms with Gasteiger partial charge in [0.1, 0.15) is 0 Å². The third kappa shape index (κ3) is 3.93. The third-order valence-electron chi connectivity index (χ3n) is 4.62. The number of furan rings is 1. The number of methoxy groups -OCH3 is 1. The van der Waals surface area contributed by atoms with E-state index in [9.17, 15) is 4.79 Å². The molecule has 3 rings (SSSR count). The van der Waals surface area contributed by atoms with E-state index >= 15 is 0 Å². The van der Waals surface area contributed by atoms with Gasteiger partial charge < -0.3 is 18.8 Å². The van der Waals surface area contributed by atoms with E-state index in [1.165, 1.54) is 0 Å². The largest absolute Gasteiger partial charge is 0.459 e. The minimum Gasteiger partial charge on any atom is -0.459 e. The van der Waals surface area contributed by atoms with Crippen molar-refractivity contribution in [2.24, 2.45) is 7.05 Å². The number of hydrogen-bond acceptors (Lipinski definition) is 5. The molecule has 7 nitrogen and oxygen atoms in total. The fourth-order valence-electron chi connectivity index (χ4n) is 3.34. The van der Waals surface area contributed by atoms with Crippen LogP contribution in [0.3, 0.4) is 0 Å². The molecule has 25 heavy (non-hydrogen) atoms. The van der Waals surface area contributed by atoms with Gasteiger partial charge in [0, 0.05) is 32.5 Å². The van der Waals surface area contributed by atoms with Gasteiger partial charge in [0.25, 0.3) is 5.91 Å². The van der Waals surface area contributed by atoms with Crippen LogP contribution in [-0.2, 0) is 22.9 Å². The number of aryl methyl sites for hydroxylation is 2. The normalized spacial score (nSPS) is 20.4. The maximum absolute atomic E-state index is 12.9. The highest BCUT2D eigenvalue weighted by molar-refractivity contribution is 5.93. The summed E-state index contributed by atoms with van der Waals surface area (Å²) in [7, 11) is 3.54. The molecule has 0 aromatic carbocycles. The van der Waals surface area contributed by atoms with Crippen molar-refractivity contribution in [3.8, 4) is 0 Å². The van der Waals surface area contributed by atoms with Crippen LogP contribution in [0.4, 0.5) is 0 Å². The van der Waals surface area contributed by atoms with Gasteiger partial charge in [0.15, 0.2) is 5.76 Å². The fraction of sp³-hybridized carbons (Fsp3) is 0.556. The number of aromatic nitrogens is 2. The molecule has 1 aliphatic rings. The topological polar surface area (TPSA) is 69.7 Å². The van der Waals surface area contributed by atoms with Crippen LogP contribution >= 0.6 is 0 Å². The Balaban J connectivity index is 1.77. The molecule has 0 spiro atoms. The Morgan fingerprint density at radius 1 is 1.44 bits per heavy atom. The molecule has 2 aromatic heterocycles. The number of likely N-dealkylation sites (tertiary alicyclic amines) is 1.